The lowest BCUT2D eigenvalue weighted by atomic mass is 9.92. The number of rotatable bonds is 2. The van der Waals surface area contributed by atoms with E-state index in [0.717, 1.165) is 23.0 Å². The van der Waals surface area contributed by atoms with Crippen molar-refractivity contribution in [3.05, 3.63) is 22.3 Å². The Morgan fingerprint density at radius 3 is 2.79 bits per heavy atom. The molecule has 1 fully saturated rings. The molecule has 1 aromatic heterocycles. The molecule has 0 bridgehead atoms. The quantitative estimate of drug-likeness (QED) is 0.882. The summed E-state index contributed by atoms with van der Waals surface area (Å²) in [5, 5.41) is 9.09. The van der Waals surface area contributed by atoms with Crippen LogP contribution < -0.4 is 4.74 Å². The molecule has 0 amide bonds. The van der Waals surface area contributed by atoms with E-state index in [1.807, 2.05) is 19.1 Å². The molecule has 0 spiro atoms. The van der Waals surface area contributed by atoms with Crippen molar-refractivity contribution in [1.82, 2.24) is 4.98 Å². The van der Waals surface area contributed by atoms with Gasteiger partial charge < -0.3 is 9.84 Å². The number of ether oxygens (including phenoxy) is 1. The molecule has 0 unspecified atom stereocenters. The Hall–Kier alpha value is -0.610. The molecule has 1 N–H and O–H groups in total. The highest BCUT2D eigenvalue weighted by Crippen LogP contribution is 2.26. The molecule has 1 aliphatic rings. The summed E-state index contributed by atoms with van der Waals surface area (Å²) < 4.78 is 6.55. The van der Waals surface area contributed by atoms with Crippen LogP contribution in [0.2, 0.25) is 0 Å². The van der Waals surface area contributed by atoms with Gasteiger partial charge in [0.05, 0.1) is 11.8 Å². The van der Waals surface area contributed by atoms with Crippen molar-refractivity contribution in [2.24, 2.45) is 0 Å². The molecule has 14 heavy (non-hydrogen) atoms. The van der Waals surface area contributed by atoms with Crippen LogP contribution >= 0.6 is 15.9 Å². The number of aliphatic hydroxyl groups excluding tert-OH is 1. The minimum absolute atomic E-state index is 0.137. The zero-order valence-electron chi connectivity index (χ0n) is 7.90. The molecular formula is C10H12BrNO2. The number of aliphatic hydroxyl groups is 1. The number of hydrogen-bond acceptors (Lipinski definition) is 3. The van der Waals surface area contributed by atoms with Gasteiger partial charge in [-0.1, -0.05) is 0 Å². The Bertz CT molecular complexity index is 337. The summed E-state index contributed by atoms with van der Waals surface area (Å²) in [5.74, 6) is 0.641. The molecule has 0 aromatic carbocycles. The Labute approximate surface area is 91.2 Å². The van der Waals surface area contributed by atoms with Gasteiger partial charge in [0.25, 0.3) is 0 Å². The molecule has 0 saturated heterocycles. The van der Waals surface area contributed by atoms with Gasteiger partial charge >= 0.3 is 0 Å². The van der Waals surface area contributed by atoms with E-state index >= 15 is 0 Å². The first-order chi connectivity index (χ1) is 6.65. The lowest BCUT2D eigenvalue weighted by Gasteiger charge is -2.31. The summed E-state index contributed by atoms with van der Waals surface area (Å²) in [7, 11) is 0. The van der Waals surface area contributed by atoms with E-state index in [9.17, 15) is 0 Å². The summed E-state index contributed by atoms with van der Waals surface area (Å²) in [5.41, 5.74) is 0.919. The summed E-state index contributed by atoms with van der Waals surface area (Å²) in [6.45, 7) is 1.92. The van der Waals surface area contributed by atoms with Gasteiger partial charge in [0.15, 0.2) is 0 Å². The molecule has 0 aliphatic heterocycles. The topological polar surface area (TPSA) is 42.4 Å². The molecule has 3 nitrogen and oxygen atoms in total. The van der Waals surface area contributed by atoms with Gasteiger partial charge in [-0.05, 0) is 28.9 Å². The first-order valence-corrected chi connectivity index (χ1v) is 5.42. The van der Waals surface area contributed by atoms with Gasteiger partial charge in [-0.2, -0.15) is 0 Å². The third-order valence-corrected chi connectivity index (χ3v) is 3.19. The van der Waals surface area contributed by atoms with Gasteiger partial charge in [-0.3, -0.25) is 0 Å². The summed E-state index contributed by atoms with van der Waals surface area (Å²) in [4.78, 5) is 4.27. The van der Waals surface area contributed by atoms with Crippen LogP contribution in [0, 0.1) is 6.92 Å². The molecule has 1 saturated carbocycles. The van der Waals surface area contributed by atoms with Crippen LogP contribution in [-0.4, -0.2) is 22.3 Å². The lowest BCUT2D eigenvalue weighted by molar-refractivity contribution is -0.0128. The van der Waals surface area contributed by atoms with Crippen molar-refractivity contribution >= 4 is 15.9 Å². The average molecular weight is 258 g/mol. The third kappa shape index (κ3) is 2.07. The van der Waals surface area contributed by atoms with Crippen molar-refractivity contribution in [1.29, 1.82) is 0 Å². The number of nitrogens with zero attached hydrogens (tertiary/aromatic N) is 1. The molecule has 2 rings (SSSR count). The van der Waals surface area contributed by atoms with Crippen LogP contribution in [0.15, 0.2) is 16.6 Å². The summed E-state index contributed by atoms with van der Waals surface area (Å²) in [6, 6.07) is 3.76. The Morgan fingerprint density at radius 1 is 1.50 bits per heavy atom. The van der Waals surface area contributed by atoms with Crippen LogP contribution in [0.4, 0.5) is 0 Å². The van der Waals surface area contributed by atoms with E-state index in [-0.39, 0.29) is 12.2 Å². The summed E-state index contributed by atoms with van der Waals surface area (Å²) >= 11 is 3.38. The fourth-order valence-electron chi connectivity index (χ4n) is 1.39. The highest BCUT2D eigenvalue weighted by molar-refractivity contribution is 9.10. The predicted octanol–water partition coefficient (Wildman–Crippen LogP) is 2.05. The Kier molecular flexibility index (Phi) is 2.74. The van der Waals surface area contributed by atoms with Crippen LogP contribution in [-0.2, 0) is 0 Å². The largest absolute Gasteiger partial charge is 0.474 e. The number of aromatic nitrogens is 1. The normalized spacial score (nSPS) is 25.6. The molecule has 1 aromatic rings. The number of halogens is 1. The second-order valence-corrected chi connectivity index (χ2v) is 4.44. The van der Waals surface area contributed by atoms with Crippen LogP contribution in [0.25, 0.3) is 0 Å². The van der Waals surface area contributed by atoms with E-state index in [0.29, 0.717) is 5.88 Å². The fraction of sp³-hybridized carbons (Fsp3) is 0.500. The van der Waals surface area contributed by atoms with Crippen molar-refractivity contribution in [2.75, 3.05) is 0 Å². The first-order valence-electron chi connectivity index (χ1n) is 4.63. The fourth-order valence-corrected chi connectivity index (χ4v) is 1.61. The minimum Gasteiger partial charge on any atom is -0.474 e. The van der Waals surface area contributed by atoms with Crippen LogP contribution in [0.5, 0.6) is 5.88 Å². The zero-order valence-corrected chi connectivity index (χ0v) is 9.49. The number of aryl methyl sites for hydroxylation is 1. The van der Waals surface area contributed by atoms with E-state index in [4.69, 9.17) is 9.84 Å². The number of hydrogen-bond donors (Lipinski definition) is 1. The van der Waals surface area contributed by atoms with Crippen molar-refractivity contribution < 1.29 is 9.84 Å². The van der Waals surface area contributed by atoms with Crippen molar-refractivity contribution in [3.8, 4) is 5.88 Å². The molecule has 1 heterocycles. The van der Waals surface area contributed by atoms with Crippen molar-refractivity contribution in [2.45, 2.75) is 32.0 Å². The predicted molar refractivity (Wildman–Crippen MR) is 56.3 cm³/mol. The molecule has 1 aliphatic carbocycles. The molecular weight excluding hydrogens is 246 g/mol. The highest BCUT2D eigenvalue weighted by Gasteiger charge is 2.29. The highest BCUT2D eigenvalue weighted by atomic mass is 79.9. The molecule has 76 valence electrons. The lowest BCUT2D eigenvalue weighted by Crippen LogP contribution is -2.37. The maximum absolute atomic E-state index is 9.09. The Balaban J connectivity index is 2.00. The molecule has 0 radical (unpaired) electrons. The Morgan fingerprint density at radius 2 is 2.21 bits per heavy atom. The van der Waals surface area contributed by atoms with E-state index in [1.165, 1.54) is 0 Å². The average Bonchev–Trinajstić information content (AvgIpc) is 2.09. The smallest absolute Gasteiger partial charge is 0.213 e. The maximum Gasteiger partial charge on any atom is 0.213 e. The van der Waals surface area contributed by atoms with E-state index < -0.39 is 0 Å². The van der Waals surface area contributed by atoms with E-state index in [1.54, 1.807) is 0 Å². The van der Waals surface area contributed by atoms with Gasteiger partial charge in [-0.15, -0.1) is 0 Å². The molecule has 4 heteroatoms. The monoisotopic (exact) mass is 257 g/mol. The SMILES string of the molecule is Cc1nc(O[C@H]2C[C@H](O)C2)ccc1Br. The van der Waals surface area contributed by atoms with E-state index in [2.05, 4.69) is 20.9 Å². The first kappa shape index (κ1) is 9.93. The van der Waals surface area contributed by atoms with Gasteiger partial charge in [0.2, 0.25) is 5.88 Å². The van der Waals surface area contributed by atoms with Gasteiger partial charge in [0, 0.05) is 23.4 Å². The van der Waals surface area contributed by atoms with Gasteiger partial charge in [-0.25, -0.2) is 4.98 Å². The second kappa shape index (κ2) is 3.87. The molecule has 0 atom stereocenters. The second-order valence-electron chi connectivity index (χ2n) is 3.58. The van der Waals surface area contributed by atoms with Gasteiger partial charge in [0.1, 0.15) is 6.10 Å². The third-order valence-electron chi connectivity index (χ3n) is 2.35. The van der Waals surface area contributed by atoms with Crippen LogP contribution in [0.3, 0.4) is 0 Å². The zero-order chi connectivity index (χ0) is 10.1. The summed E-state index contributed by atoms with van der Waals surface area (Å²) in [6.07, 6.45) is 1.39. The standard InChI is InChI=1S/C10H12BrNO2/c1-6-9(11)2-3-10(12-6)14-8-4-7(13)5-8/h2-3,7-8,13H,4-5H2,1H3/t7-,8-. The number of pyridine rings is 1. The van der Waals surface area contributed by atoms with Crippen molar-refractivity contribution in [3.63, 3.8) is 0 Å². The van der Waals surface area contributed by atoms with Crippen LogP contribution in [0.1, 0.15) is 18.5 Å². The maximum atomic E-state index is 9.09. The minimum atomic E-state index is -0.184.